The van der Waals surface area contributed by atoms with Gasteiger partial charge in [-0.05, 0) is 41.5 Å². The highest BCUT2D eigenvalue weighted by Gasteiger charge is 2.27. The first kappa shape index (κ1) is 42.5. The number of aromatic nitrogens is 8. The van der Waals surface area contributed by atoms with Crippen molar-refractivity contribution in [2.75, 3.05) is 37.5 Å². The number of rotatable bonds is 18. The van der Waals surface area contributed by atoms with E-state index in [1.165, 1.54) is 0 Å². The summed E-state index contributed by atoms with van der Waals surface area (Å²) < 4.78 is 16.1. The molecule has 1 atom stereocenters. The van der Waals surface area contributed by atoms with E-state index in [-0.39, 0.29) is 6.04 Å². The topological polar surface area (TPSA) is 130 Å². The minimum atomic E-state index is -0.150. The molecule has 2 N–H and O–H groups in total. The summed E-state index contributed by atoms with van der Waals surface area (Å²) >= 11 is 3.35. The number of anilines is 2. The van der Waals surface area contributed by atoms with Gasteiger partial charge in [0.2, 0.25) is 0 Å². The zero-order chi connectivity index (χ0) is 45.1. The lowest BCUT2D eigenvalue weighted by molar-refractivity contribution is 0.129. The SMILES string of the molecule is COCC(CCn1ccnc1-c1nc(NCCOC2CC2)c2c(-c3ccccc3)c(-c3ccccc3)sc2n1)Nc1nc(-c2nccn2C)nc2sc(-c3ccccc3)c(-c3ccccc3)c12. The first-order valence-electron chi connectivity index (χ1n) is 22.6. The number of thiophene rings is 2. The Morgan fingerprint density at radius 3 is 1.72 bits per heavy atom. The van der Waals surface area contributed by atoms with Gasteiger partial charge in [0.15, 0.2) is 23.3 Å². The Bertz CT molecular complexity index is 3280. The number of benzene rings is 4. The largest absolute Gasteiger partial charge is 0.383 e. The first-order chi connectivity index (χ1) is 33.1. The van der Waals surface area contributed by atoms with Crippen molar-refractivity contribution >= 4 is 54.7 Å². The van der Waals surface area contributed by atoms with Gasteiger partial charge in [-0.1, -0.05) is 121 Å². The van der Waals surface area contributed by atoms with Gasteiger partial charge in [0.05, 0.1) is 36.1 Å². The fourth-order valence-electron chi connectivity index (χ4n) is 8.57. The molecule has 0 radical (unpaired) electrons. The van der Waals surface area contributed by atoms with Crippen LogP contribution in [0.4, 0.5) is 11.6 Å². The predicted octanol–water partition coefficient (Wildman–Crippen LogP) is 11.7. The maximum atomic E-state index is 6.07. The highest BCUT2D eigenvalue weighted by molar-refractivity contribution is 7.23. The molecule has 4 aromatic carbocycles. The van der Waals surface area contributed by atoms with Crippen molar-refractivity contribution in [2.24, 2.45) is 7.05 Å². The normalized spacial score (nSPS) is 13.1. The molecule has 1 aliphatic carbocycles. The van der Waals surface area contributed by atoms with Crippen LogP contribution < -0.4 is 10.6 Å². The molecule has 10 aromatic rings. The molecule has 0 amide bonds. The molecule has 6 aromatic heterocycles. The molecule has 1 aliphatic rings. The number of fused-ring (bicyclic) bond motifs is 2. The van der Waals surface area contributed by atoms with Crippen molar-refractivity contribution in [2.45, 2.75) is 38.0 Å². The van der Waals surface area contributed by atoms with Crippen LogP contribution in [0, 0.1) is 0 Å². The Morgan fingerprint density at radius 2 is 1.16 bits per heavy atom. The van der Waals surface area contributed by atoms with Crippen molar-refractivity contribution in [3.8, 4) is 66.4 Å². The van der Waals surface area contributed by atoms with Gasteiger partial charge in [0.1, 0.15) is 21.3 Å². The Morgan fingerprint density at radius 1 is 0.642 bits per heavy atom. The van der Waals surface area contributed by atoms with Crippen LogP contribution in [0.2, 0.25) is 0 Å². The molecule has 0 spiro atoms. The second kappa shape index (κ2) is 19.0. The molecular formula is C53H48N10O2S2. The van der Waals surface area contributed by atoms with Crippen molar-refractivity contribution < 1.29 is 9.47 Å². The van der Waals surface area contributed by atoms with Crippen LogP contribution in [0.3, 0.4) is 0 Å². The van der Waals surface area contributed by atoms with Crippen LogP contribution in [0.5, 0.6) is 0 Å². The van der Waals surface area contributed by atoms with Crippen LogP contribution in [0.15, 0.2) is 146 Å². The minimum absolute atomic E-state index is 0.150. The molecule has 0 saturated heterocycles. The van der Waals surface area contributed by atoms with E-state index in [0.717, 1.165) is 88.0 Å². The summed E-state index contributed by atoms with van der Waals surface area (Å²) in [6.07, 6.45) is 10.8. The van der Waals surface area contributed by atoms with Gasteiger partial charge in [-0.15, -0.1) is 22.7 Å². The van der Waals surface area contributed by atoms with Crippen LogP contribution in [-0.2, 0) is 23.1 Å². The number of nitrogens with one attached hydrogen (secondary N) is 2. The highest BCUT2D eigenvalue weighted by Crippen LogP contribution is 2.48. The quantitative estimate of drug-likeness (QED) is 0.0802. The van der Waals surface area contributed by atoms with Gasteiger partial charge < -0.3 is 29.2 Å². The van der Waals surface area contributed by atoms with E-state index < -0.39 is 0 Å². The van der Waals surface area contributed by atoms with Crippen LogP contribution in [-0.4, -0.2) is 78.1 Å². The lowest BCUT2D eigenvalue weighted by atomic mass is 9.99. The van der Waals surface area contributed by atoms with E-state index in [1.54, 1.807) is 36.0 Å². The van der Waals surface area contributed by atoms with E-state index >= 15 is 0 Å². The van der Waals surface area contributed by atoms with Crippen LogP contribution in [0.25, 0.3) is 86.9 Å². The second-order valence-corrected chi connectivity index (χ2v) is 18.6. The van der Waals surface area contributed by atoms with Gasteiger partial charge in [-0.2, -0.15) is 0 Å². The minimum Gasteiger partial charge on any atom is -0.383 e. The average molecular weight is 921 g/mol. The molecule has 334 valence electrons. The molecule has 1 fully saturated rings. The molecule has 0 bridgehead atoms. The van der Waals surface area contributed by atoms with Gasteiger partial charge in [-0.25, -0.2) is 29.9 Å². The fourth-order valence-corrected chi connectivity index (χ4v) is 11.0. The number of nitrogens with zero attached hydrogens (tertiary/aromatic N) is 8. The first-order valence-corrected chi connectivity index (χ1v) is 24.2. The fraction of sp³-hybridized carbons (Fsp3) is 0.208. The summed E-state index contributed by atoms with van der Waals surface area (Å²) in [7, 11) is 3.70. The zero-order valence-electron chi connectivity index (χ0n) is 37.2. The Hall–Kier alpha value is -7.10. The maximum Gasteiger partial charge on any atom is 0.199 e. The Labute approximate surface area is 396 Å². The molecule has 1 saturated carbocycles. The van der Waals surface area contributed by atoms with E-state index in [1.807, 2.05) is 42.3 Å². The van der Waals surface area contributed by atoms with E-state index in [2.05, 4.69) is 129 Å². The highest BCUT2D eigenvalue weighted by atomic mass is 32.1. The number of imidazole rings is 2. The van der Waals surface area contributed by atoms with Crippen molar-refractivity contribution in [3.05, 3.63) is 146 Å². The summed E-state index contributed by atoms with van der Waals surface area (Å²) in [5.41, 5.74) is 6.66. The molecule has 0 aliphatic heterocycles. The van der Waals surface area contributed by atoms with Gasteiger partial charge in [-0.3, -0.25) is 0 Å². The average Bonchev–Trinajstić information content (AvgIpc) is 3.67. The smallest absolute Gasteiger partial charge is 0.199 e. The van der Waals surface area contributed by atoms with Crippen LogP contribution in [0.1, 0.15) is 19.3 Å². The number of ether oxygens (including phenoxy) is 2. The molecule has 1 unspecified atom stereocenters. The molecule has 6 heterocycles. The lowest BCUT2D eigenvalue weighted by Gasteiger charge is -2.21. The predicted molar refractivity (Wildman–Crippen MR) is 271 cm³/mol. The zero-order valence-corrected chi connectivity index (χ0v) is 38.8. The summed E-state index contributed by atoms with van der Waals surface area (Å²) in [5, 5.41) is 9.49. The third-order valence-electron chi connectivity index (χ3n) is 11.9. The Balaban J connectivity index is 0.966. The standard InChI is InChI=1S/C53H48N10O2S2/c1-62-30-26-55-50(62)48-59-47(43-41(35-17-9-4-10-18-35)45(67-53(43)60-48)37-21-13-6-14-22-37)57-38(33-64-2)25-29-63-31-27-56-51(63)49-58-46(54-28-32-65-39-23-24-39)42-40(34-15-7-3-8-16-34)44(66-52(42)61-49)36-19-11-5-12-20-36/h3-22,26-27,30-31,38-39H,23-25,28-29,32-33H2,1-2H3,(H,54,58,61)(H,57,59,60). The summed E-state index contributed by atoms with van der Waals surface area (Å²) in [6.45, 7) is 2.25. The van der Waals surface area contributed by atoms with E-state index in [4.69, 9.17) is 34.4 Å². The lowest BCUT2D eigenvalue weighted by Crippen LogP contribution is -2.27. The molecule has 12 nitrogen and oxygen atoms in total. The van der Waals surface area contributed by atoms with Crippen LogP contribution >= 0.6 is 22.7 Å². The number of aryl methyl sites for hydroxylation is 2. The number of methoxy groups -OCH3 is 1. The van der Waals surface area contributed by atoms with Crippen molar-refractivity contribution in [1.82, 2.24) is 39.0 Å². The molecule has 14 heteroatoms. The molecule has 11 rings (SSSR count). The number of hydrogen-bond acceptors (Lipinski definition) is 12. The molecule has 67 heavy (non-hydrogen) atoms. The van der Waals surface area contributed by atoms with Gasteiger partial charge >= 0.3 is 0 Å². The van der Waals surface area contributed by atoms with E-state index in [9.17, 15) is 0 Å². The Kier molecular flexibility index (Phi) is 12.1. The maximum absolute atomic E-state index is 6.07. The van der Waals surface area contributed by atoms with E-state index in [0.29, 0.717) is 62.1 Å². The summed E-state index contributed by atoms with van der Waals surface area (Å²) in [4.78, 5) is 34.6. The van der Waals surface area contributed by atoms with Crippen molar-refractivity contribution in [1.29, 1.82) is 0 Å². The third kappa shape index (κ3) is 8.84. The molecular weight excluding hydrogens is 873 g/mol. The summed E-state index contributed by atoms with van der Waals surface area (Å²) in [5.74, 6) is 3.96. The summed E-state index contributed by atoms with van der Waals surface area (Å²) in [6, 6.07) is 41.9. The van der Waals surface area contributed by atoms with Gasteiger partial charge in [0, 0.05) is 72.9 Å². The van der Waals surface area contributed by atoms with Crippen molar-refractivity contribution in [3.63, 3.8) is 0 Å². The third-order valence-corrected chi connectivity index (χ3v) is 14.2. The second-order valence-electron chi connectivity index (χ2n) is 16.6. The van der Waals surface area contributed by atoms with Gasteiger partial charge in [0.25, 0.3) is 0 Å². The monoisotopic (exact) mass is 920 g/mol. The number of hydrogen-bond donors (Lipinski definition) is 2.